The molecule has 1 aromatic rings. The number of hydrogen-bond donors (Lipinski definition) is 1. The third-order valence-corrected chi connectivity index (χ3v) is 8.91. The molecule has 208 valence electrons. The van der Waals surface area contributed by atoms with E-state index in [4.69, 9.17) is 9.47 Å². The van der Waals surface area contributed by atoms with E-state index in [0.717, 1.165) is 32.0 Å². The topological polar surface area (TPSA) is 88.2 Å². The number of Topliss-reactive ketones (excluding diaryl/α,β-unsaturated/α-hetero) is 1. The van der Waals surface area contributed by atoms with Crippen molar-refractivity contribution in [2.24, 2.45) is 5.41 Å². The summed E-state index contributed by atoms with van der Waals surface area (Å²) in [5.74, 6) is -0.108. The Labute approximate surface area is 226 Å². The minimum absolute atomic E-state index is 0.0127. The second kappa shape index (κ2) is 11.1. The number of rotatable bonds is 7. The second-order valence-electron chi connectivity index (χ2n) is 12.8. The Morgan fingerprint density at radius 3 is 2.37 bits per heavy atom. The zero-order chi connectivity index (χ0) is 27.0. The highest BCUT2D eigenvalue weighted by Crippen LogP contribution is 2.34. The van der Waals surface area contributed by atoms with Crippen LogP contribution in [0.3, 0.4) is 0 Å². The van der Waals surface area contributed by atoms with E-state index < -0.39 is 18.2 Å². The molecule has 8 heteroatoms. The minimum Gasteiger partial charge on any atom is -0.377 e. The smallest absolute Gasteiger partial charge is 0.251 e. The van der Waals surface area contributed by atoms with Crippen LogP contribution in [0.5, 0.6) is 0 Å². The van der Waals surface area contributed by atoms with Crippen molar-refractivity contribution < 1.29 is 23.9 Å². The van der Waals surface area contributed by atoms with E-state index in [9.17, 15) is 14.4 Å². The lowest BCUT2D eigenvalue weighted by atomic mass is 9.85. The van der Waals surface area contributed by atoms with Gasteiger partial charge < -0.3 is 24.6 Å². The van der Waals surface area contributed by atoms with Gasteiger partial charge in [-0.05, 0) is 74.2 Å². The molecule has 3 aliphatic heterocycles. The largest absolute Gasteiger partial charge is 0.377 e. The number of benzene rings is 1. The molecular formula is C30H43N3O5. The predicted molar refractivity (Wildman–Crippen MR) is 144 cm³/mol. The Balaban J connectivity index is 1.24. The number of amides is 2. The first-order valence-electron chi connectivity index (χ1n) is 14.3. The Morgan fingerprint density at radius 2 is 1.79 bits per heavy atom. The maximum Gasteiger partial charge on any atom is 0.251 e. The Kier molecular flexibility index (Phi) is 7.94. The van der Waals surface area contributed by atoms with E-state index in [-0.39, 0.29) is 42.3 Å². The molecule has 1 saturated carbocycles. The third kappa shape index (κ3) is 5.68. The molecule has 8 nitrogen and oxygen atoms in total. The molecule has 0 radical (unpaired) electrons. The fourth-order valence-electron chi connectivity index (χ4n) is 6.56. The number of methoxy groups -OCH3 is 1. The Hall–Kier alpha value is -2.29. The number of carbonyl (C=O) groups is 3. The Bertz CT molecular complexity index is 1020. The zero-order valence-electron chi connectivity index (χ0n) is 23.3. The van der Waals surface area contributed by atoms with Crippen LogP contribution in [0.2, 0.25) is 0 Å². The van der Waals surface area contributed by atoms with Gasteiger partial charge in [0.2, 0.25) is 5.91 Å². The number of ketones is 1. The molecule has 4 aliphatic rings. The van der Waals surface area contributed by atoms with Gasteiger partial charge in [0.25, 0.3) is 5.91 Å². The summed E-state index contributed by atoms with van der Waals surface area (Å²) in [7, 11) is 1.57. The quantitative estimate of drug-likeness (QED) is 0.589. The number of fused-ring (bicyclic) bond motifs is 1. The molecule has 1 aromatic carbocycles. The van der Waals surface area contributed by atoms with Crippen LogP contribution >= 0.6 is 0 Å². The van der Waals surface area contributed by atoms with Gasteiger partial charge in [-0.15, -0.1) is 0 Å². The molecule has 3 saturated heterocycles. The first-order valence-corrected chi connectivity index (χ1v) is 14.3. The van der Waals surface area contributed by atoms with Crippen molar-refractivity contribution in [2.75, 3.05) is 33.4 Å². The van der Waals surface area contributed by atoms with Gasteiger partial charge in [-0.25, -0.2) is 0 Å². The van der Waals surface area contributed by atoms with Crippen molar-refractivity contribution in [1.82, 2.24) is 15.1 Å². The number of nitrogens with zero attached hydrogens (tertiary/aromatic N) is 2. The van der Waals surface area contributed by atoms with Crippen LogP contribution in [0.15, 0.2) is 24.3 Å². The van der Waals surface area contributed by atoms with Crippen LogP contribution in [0, 0.1) is 5.41 Å². The normalized spacial score (nSPS) is 27.7. The van der Waals surface area contributed by atoms with Crippen molar-refractivity contribution >= 4 is 17.6 Å². The minimum atomic E-state index is -0.748. The maximum atomic E-state index is 13.7. The van der Waals surface area contributed by atoms with Gasteiger partial charge in [-0.2, -0.15) is 0 Å². The monoisotopic (exact) mass is 525 g/mol. The molecule has 2 amide bonds. The number of nitrogens with one attached hydrogen (secondary N) is 1. The van der Waals surface area contributed by atoms with Gasteiger partial charge in [0.1, 0.15) is 30.9 Å². The van der Waals surface area contributed by atoms with E-state index in [1.54, 1.807) is 12.0 Å². The van der Waals surface area contributed by atoms with Crippen molar-refractivity contribution in [3.63, 3.8) is 0 Å². The lowest BCUT2D eigenvalue weighted by Gasteiger charge is -2.42. The molecule has 0 unspecified atom stereocenters. The highest BCUT2D eigenvalue weighted by molar-refractivity contribution is 5.99. The lowest BCUT2D eigenvalue weighted by Crippen LogP contribution is -2.53. The molecule has 3 heterocycles. The molecule has 1 aliphatic carbocycles. The summed E-state index contributed by atoms with van der Waals surface area (Å²) in [4.78, 5) is 43.8. The summed E-state index contributed by atoms with van der Waals surface area (Å²) in [6.07, 6.45) is 6.04. The van der Waals surface area contributed by atoms with Gasteiger partial charge in [-0.1, -0.05) is 39.3 Å². The fraction of sp³-hybridized carbons (Fsp3) is 0.700. The average molecular weight is 526 g/mol. The number of ether oxygens (including phenoxy) is 2. The maximum absolute atomic E-state index is 13.7. The Morgan fingerprint density at radius 1 is 1.11 bits per heavy atom. The van der Waals surface area contributed by atoms with E-state index in [2.05, 4.69) is 22.3 Å². The predicted octanol–water partition coefficient (Wildman–Crippen LogP) is 3.15. The van der Waals surface area contributed by atoms with E-state index in [0.29, 0.717) is 17.9 Å². The highest BCUT2D eigenvalue weighted by Gasteiger charge is 2.53. The standard InChI is InChI=1S/C30H43N3O5/c1-30(2,3)16-23(29(36)33-17-25(37-4)27-26(33)24(34)18-38-27)31-28(35)21-10-8-19(9-11-21)20-12-14-32(15-13-20)22-6-5-7-22/h8-11,20,22-23,25-27H,5-7,12-18H2,1-4H3,(H,31,35)/t23-,25+,26+,27+/m0/s1. The summed E-state index contributed by atoms with van der Waals surface area (Å²) in [6.45, 7) is 8.70. The number of hydrogen-bond acceptors (Lipinski definition) is 6. The van der Waals surface area contributed by atoms with Crippen LogP contribution < -0.4 is 5.32 Å². The molecule has 5 rings (SSSR count). The molecule has 0 aromatic heterocycles. The van der Waals surface area contributed by atoms with Crippen LogP contribution in [0.25, 0.3) is 0 Å². The van der Waals surface area contributed by atoms with Gasteiger partial charge in [-0.3, -0.25) is 14.4 Å². The van der Waals surface area contributed by atoms with Crippen LogP contribution in [0.1, 0.15) is 81.1 Å². The van der Waals surface area contributed by atoms with Gasteiger partial charge >= 0.3 is 0 Å². The van der Waals surface area contributed by atoms with Gasteiger partial charge in [0, 0.05) is 18.7 Å². The lowest BCUT2D eigenvalue weighted by molar-refractivity contribution is -0.138. The van der Waals surface area contributed by atoms with Crippen LogP contribution in [-0.2, 0) is 19.1 Å². The van der Waals surface area contributed by atoms with Gasteiger partial charge in [0.15, 0.2) is 5.78 Å². The summed E-state index contributed by atoms with van der Waals surface area (Å²) in [6, 6.07) is 7.30. The van der Waals surface area contributed by atoms with Crippen molar-refractivity contribution in [1.29, 1.82) is 0 Å². The number of carbonyl (C=O) groups excluding carboxylic acids is 3. The average Bonchev–Trinajstić information content (AvgIpc) is 3.42. The van der Waals surface area contributed by atoms with Gasteiger partial charge in [0.05, 0.1) is 6.54 Å². The van der Waals surface area contributed by atoms with Crippen molar-refractivity contribution in [3.8, 4) is 0 Å². The molecule has 0 bridgehead atoms. The van der Waals surface area contributed by atoms with E-state index >= 15 is 0 Å². The second-order valence-corrected chi connectivity index (χ2v) is 12.8. The number of piperidine rings is 1. The van der Waals surface area contributed by atoms with Crippen LogP contribution in [0.4, 0.5) is 0 Å². The van der Waals surface area contributed by atoms with E-state index in [1.165, 1.54) is 24.8 Å². The molecule has 4 fully saturated rings. The molecule has 38 heavy (non-hydrogen) atoms. The van der Waals surface area contributed by atoms with E-state index in [1.807, 2.05) is 32.9 Å². The summed E-state index contributed by atoms with van der Waals surface area (Å²) in [5, 5.41) is 2.99. The fourth-order valence-corrected chi connectivity index (χ4v) is 6.56. The highest BCUT2D eigenvalue weighted by atomic mass is 16.5. The molecule has 4 atom stereocenters. The van der Waals surface area contributed by atoms with Crippen LogP contribution in [-0.4, -0.2) is 91.1 Å². The van der Waals surface area contributed by atoms with Crippen molar-refractivity contribution in [2.45, 2.75) is 95.5 Å². The van der Waals surface area contributed by atoms with Crippen molar-refractivity contribution in [3.05, 3.63) is 35.4 Å². The molecular weight excluding hydrogens is 482 g/mol. The number of likely N-dealkylation sites (tertiary alicyclic amines) is 2. The molecule has 1 N–H and O–H groups in total. The summed E-state index contributed by atoms with van der Waals surface area (Å²) >= 11 is 0. The third-order valence-electron chi connectivity index (χ3n) is 8.91. The SMILES string of the molecule is CO[C@@H]1CN(C(=O)[C@H](CC(C)(C)C)NC(=O)c2ccc(C3CCN(C4CCC4)CC3)cc2)[C@@H]2C(=O)CO[C@@H]21. The first kappa shape index (κ1) is 27.3. The summed E-state index contributed by atoms with van der Waals surface area (Å²) in [5.41, 5.74) is 1.62. The zero-order valence-corrected chi connectivity index (χ0v) is 23.3. The first-order chi connectivity index (χ1) is 18.1. The molecule has 0 spiro atoms. The summed E-state index contributed by atoms with van der Waals surface area (Å²) < 4.78 is 11.1.